The third kappa shape index (κ3) is 4.83. The van der Waals surface area contributed by atoms with E-state index >= 15 is 0 Å². The smallest absolute Gasteiger partial charge is 0.137 e. The molecule has 0 aliphatic carbocycles. The Kier molecular flexibility index (Phi) is 6.04. The minimum Gasteiger partial charge on any atom is -0.489 e. The standard InChI is InChI=1S/C12H16N2O3/c13-7-10-3-1-2-4-12(10)17-9-11(16)8-14-5-6-15/h1-4,11,14-16H,5-6,8-9H2. The van der Waals surface area contributed by atoms with Crippen molar-refractivity contribution in [3.05, 3.63) is 29.8 Å². The van der Waals surface area contributed by atoms with Crippen molar-refractivity contribution in [3.63, 3.8) is 0 Å². The first-order valence-electron chi connectivity index (χ1n) is 5.39. The topological polar surface area (TPSA) is 85.5 Å². The Balaban J connectivity index is 2.37. The average molecular weight is 236 g/mol. The summed E-state index contributed by atoms with van der Waals surface area (Å²) in [7, 11) is 0. The van der Waals surface area contributed by atoms with Gasteiger partial charge < -0.3 is 20.3 Å². The Labute approximate surface area is 100 Å². The highest BCUT2D eigenvalue weighted by Crippen LogP contribution is 2.16. The number of hydrogen-bond acceptors (Lipinski definition) is 5. The number of rotatable bonds is 7. The van der Waals surface area contributed by atoms with Crippen molar-refractivity contribution in [2.75, 3.05) is 26.3 Å². The van der Waals surface area contributed by atoms with Gasteiger partial charge in [-0.3, -0.25) is 0 Å². The molecule has 0 saturated heterocycles. The number of nitrogens with zero attached hydrogens (tertiary/aromatic N) is 1. The molecule has 0 aliphatic heterocycles. The first-order chi connectivity index (χ1) is 8.27. The lowest BCUT2D eigenvalue weighted by atomic mass is 10.2. The van der Waals surface area contributed by atoms with Crippen LogP contribution in [0.2, 0.25) is 0 Å². The summed E-state index contributed by atoms with van der Waals surface area (Å²) in [6.07, 6.45) is -0.673. The molecule has 0 spiro atoms. The van der Waals surface area contributed by atoms with Gasteiger partial charge in [-0.1, -0.05) is 12.1 Å². The van der Waals surface area contributed by atoms with Crippen LogP contribution in [0.3, 0.4) is 0 Å². The van der Waals surface area contributed by atoms with E-state index in [1.165, 1.54) is 0 Å². The van der Waals surface area contributed by atoms with E-state index < -0.39 is 6.10 Å². The third-order valence-corrected chi connectivity index (χ3v) is 2.11. The third-order valence-electron chi connectivity index (χ3n) is 2.11. The highest BCUT2D eigenvalue weighted by atomic mass is 16.5. The zero-order valence-corrected chi connectivity index (χ0v) is 9.47. The highest BCUT2D eigenvalue weighted by Gasteiger charge is 2.07. The molecule has 0 heterocycles. The van der Waals surface area contributed by atoms with Gasteiger partial charge in [0.25, 0.3) is 0 Å². The molecule has 1 aromatic rings. The maximum atomic E-state index is 9.55. The molecule has 0 aromatic heterocycles. The Morgan fingerprint density at radius 3 is 2.88 bits per heavy atom. The zero-order chi connectivity index (χ0) is 12.5. The van der Waals surface area contributed by atoms with E-state index in [0.717, 1.165) is 0 Å². The van der Waals surface area contributed by atoms with E-state index in [2.05, 4.69) is 5.32 Å². The van der Waals surface area contributed by atoms with Crippen LogP contribution < -0.4 is 10.1 Å². The van der Waals surface area contributed by atoms with Gasteiger partial charge in [-0.15, -0.1) is 0 Å². The van der Waals surface area contributed by atoms with Crippen LogP contribution in [0.15, 0.2) is 24.3 Å². The van der Waals surface area contributed by atoms with Crippen molar-refractivity contribution in [2.24, 2.45) is 0 Å². The van der Waals surface area contributed by atoms with Crippen LogP contribution in [0.1, 0.15) is 5.56 Å². The molecule has 1 atom stereocenters. The molecule has 1 unspecified atom stereocenters. The van der Waals surface area contributed by atoms with Crippen LogP contribution >= 0.6 is 0 Å². The van der Waals surface area contributed by atoms with Gasteiger partial charge in [-0.05, 0) is 12.1 Å². The van der Waals surface area contributed by atoms with E-state index in [1.807, 2.05) is 6.07 Å². The van der Waals surface area contributed by atoms with Crippen molar-refractivity contribution in [1.29, 1.82) is 5.26 Å². The Morgan fingerprint density at radius 1 is 1.41 bits per heavy atom. The van der Waals surface area contributed by atoms with E-state index in [1.54, 1.807) is 24.3 Å². The monoisotopic (exact) mass is 236 g/mol. The molecule has 1 rings (SSSR count). The molecular formula is C12H16N2O3. The number of aliphatic hydroxyl groups is 2. The maximum Gasteiger partial charge on any atom is 0.137 e. The van der Waals surface area contributed by atoms with Gasteiger partial charge in [-0.2, -0.15) is 5.26 Å². The van der Waals surface area contributed by atoms with E-state index in [9.17, 15) is 5.11 Å². The number of para-hydroxylation sites is 1. The second-order valence-corrected chi connectivity index (χ2v) is 3.50. The summed E-state index contributed by atoms with van der Waals surface area (Å²) in [5.74, 6) is 0.469. The van der Waals surface area contributed by atoms with Gasteiger partial charge in [0.2, 0.25) is 0 Å². The predicted molar refractivity (Wildman–Crippen MR) is 62.6 cm³/mol. The number of aliphatic hydroxyl groups excluding tert-OH is 2. The molecule has 0 saturated carbocycles. The maximum absolute atomic E-state index is 9.55. The number of nitriles is 1. The summed E-state index contributed by atoms with van der Waals surface area (Å²) >= 11 is 0. The fourth-order valence-corrected chi connectivity index (χ4v) is 1.28. The van der Waals surface area contributed by atoms with E-state index in [4.69, 9.17) is 15.1 Å². The van der Waals surface area contributed by atoms with Crippen LogP contribution in [-0.4, -0.2) is 42.6 Å². The Bertz CT molecular complexity index is 376. The first kappa shape index (κ1) is 13.5. The Morgan fingerprint density at radius 2 is 2.18 bits per heavy atom. The summed E-state index contributed by atoms with van der Waals surface area (Å²) in [4.78, 5) is 0. The minimum atomic E-state index is -0.673. The van der Waals surface area contributed by atoms with Crippen LogP contribution in [0.4, 0.5) is 0 Å². The molecule has 0 aliphatic rings. The summed E-state index contributed by atoms with van der Waals surface area (Å²) in [5, 5.41) is 29.8. The second kappa shape index (κ2) is 7.63. The van der Waals surface area contributed by atoms with E-state index in [0.29, 0.717) is 24.4 Å². The van der Waals surface area contributed by atoms with Crippen LogP contribution in [0.5, 0.6) is 5.75 Å². The summed E-state index contributed by atoms with van der Waals surface area (Å²) in [6, 6.07) is 8.89. The van der Waals surface area contributed by atoms with Crippen LogP contribution in [-0.2, 0) is 0 Å². The fourth-order valence-electron chi connectivity index (χ4n) is 1.28. The molecule has 3 N–H and O–H groups in total. The van der Waals surface area contributed by atoms with E-state index in [-0.39, 0.29) is 13.2 Å². The molecule has 5 heteroatoms. The fraction of sp³-hybridized carbons (Fsp3) is 0.417. The Hall–Kier alpha value is -1.61. The quantitative estimate of drug-likeness (QED) is 0.575. The lowest BCUT2D eigenvalue weighted by Crippen LogP contribution is -2.33. The molecule has 0 fully saturated rings. The van der Waals surface area contributed by atoms with Gasteiger partial charge in [0.1, 0.15) is 24.5 Å². The summed E-state index contributed by atoms with van der Waals surface area (Å²) in [6.45, 7) is 0.920. The van der Waals surface area contributed by atoms with Gasteiger partial charge in [0.05, 0.1) is 12.2 Å². The highest BCUT2D eigenvalue weighted by molar-refractivity contribution is 5.42. The molecule has 1 aromatic carbocycles. The van der Waals surface area contributed by atoms with Gasteiger partial charge in [-0.25, -0.2) is 0 Å². The van der Waals surface area contributed by atoms with Crippen molar-refractivity contribution in [1.82, 2.24) is 5.32 Å². The van der Waals surface area contributed by atoms with Crippen LogP contribution in [0, 0.1) is 11.3 Å². The van der Waals surface area contributed by atoms with Gasteiger partial charge in [0, 0.05) is 13.1 Å². The summed E-state index contributed by atoms with van der Waals surface area (Å²) in [5.41, 5.74) is 0.447. The molecule has 0 amide bonds. The molecule has 92 valence electrons. The number of ether oxygens (including phenoxy) is 1. The van der Waals surface area contributed by atoms with Crippen molar-refractivity contribution < 1.29 is 14.9 Å². The lowest BCUT2D eigenvalue weighted by molar-refractivity contribution is 0.105. The lowest BCUT2D eigenvalue weighted by Gasteiger charge is -2.13. The molecule has 0 radical (unpaired) electrons. The molecular weight excluding hydrogens is 220 g/mol. The normalized spacial score (nSPS) is 11.8. The van der Waals surface area contributed by atoms with Gasteiger partial charge in [0.15, 0.2) is 0 Å². The van der Waals surface area contributed by atoms with Crippen molar-refractivity contribution in [2.45, 2.75) is 6.10 Å². The SMILES string of the molecule is N#Cc1ccccc1OCC(O)CNCCO. The van der Waals surface area contributed by atoms with Gasteiger partial charge >= 0.3 is 0 Å². The minimum absolute atomic E-state index is 0.0326. The number of benzene rings is 1. The summed E-state index contributed by atoms with van der Waals surface area (Å²) < 4.78 is 5.35. The zero-order valence-electron chi connectivity index (χ0n) is 9.47. The van der Waals surface area contributed by atoms with Crippen molar-refractivity contribution in [3.8, 4) is 11.8 Å². The average Bonchev–Trinajstić information content (AvgIpc) is 2.37. The molecule has 5 nitrogen and oxygen atoms in total. The first-order valence-corrected chi connectivity index (χ1v) is 5.39. The number of nitrogens with one attached hydrogen (secondary N) is 1. The van der Waals surface area contributed by atoms with Crippen molar-refractivity contribution >= 4 is 0 Å². The largest absolute Gasteiger partial charge is 0.489 e. The second-order valence-electron chi connectivity index (χ2n) is 3.50. The molecule has 17 heavy (non-hydrogen) atoms. The van der Waals surface area contributed by atoms with Crippen LogP contribution in [0.25, 0.3) is 0 Å². The predicted octanol–water partition coefficient (Wildman–Crippen LogP) is -0.120. The number of hydrogen-bond donors (Lipinski definition) is 3. The molecule has 0 bridgehead atoms.